The first-order valence-electron chi connectivity index (χ1n) is 13.1. The lowest BCUT2D eigenvalue weighted by Crippen LogP contribution is -2.04. The molecule has 4 aromatic heterocycles. The number of hydrogen-bond donors (Lipinski definition) is 0. The third kappa shape index (κ3) is 3.72. The van der Waals surface area contributed by atoms with Crippen molar-refractivity contribution in [1.29, 1.82) is 0 Å². The molecule has 0 saturated heterocycles. The average Bonchev–Trinajstić information content (AvgIpc) is 3.48. The van der Waals surface area contributed by atoms with Crippen LogP contribution in [0.25, 0.3) is 57.0 Å². The summed E-state index contributed by atoms with van der Waals surface area (Å²) in [5, 5.41) is 2.41. The van der Waals surface area contributed by atoms with Crippen LogP contribution in [0.5, 0.6) is 0 Å². The van der Waals surface area contributed by atoms with Crippen molar-refractivity contribution in [2.45, 2.75) is 19.8 Å². The molecule has 188 valence electrons. The third-order valence-electron chi connectivity index (χ3n) is 7.43. The Kier molecular flexibility index (Phi) is 5.51. The first-order chi connectivity index (χ1) is 19.2. The van der Waals surface area contributed by atoms with E-state index in [-0.39, 0.29) is 0 Å². The number of benzene rings is 2. The van der Waals surface area contributed by atoms with Crippen LogP contribution in [0.3, 0.4) is 0 Å². The molecule has 0 fully saturated rings. The van der Waals surface area contributed by atoms with Crippen molar-refractivity contribution in [3.63, 3.8) is 0 Å². The van der Waals surface area contributed by atoms with E-state index in [1.807, 2.05) is 30.9 Å². The van der Waals surface area contributed by atoms with Crippen molar-refractivity contribution in [2.75, 3.05) is 0 Å². The molecule has 0 N–H and O–H groups in total. The van der Waals surface area contributed by atoms with Gasteiger partial charge in [0.05, 0.1) is 47.2 Å². The van der Waals surface area contributed by atoms with Gasteiger partial charge in [0.2, 0.25) is 0 Å². The highest BCUT2D eigenvalue weighted by Crippen LogP contribution is 2.33. The second kappa shape index (κ2) is 9.33. The predicted octanol–water partition coefficient (Wildman–Crippen LogP) is 7.29. The summed E-state index contributed by atoms with van der Waals surface area (Å²) in [7, 11) is 0. The van der Waals surface area contributed by atoms with Crippen LogP contribution in [0.1, 0.15) is 28.9 Å². The maximum absolute atomic E-state index is 4.67. The Morgan fingerprint density at radius 3 is 1.92 bits per heavy atom. The number of para-hydroxylation sites is 2. The normalized spacial score (nSPS) is 12.9. The zero-order valence-corrected chi connectivity index (χ0v) is 21.6. The van der Waals surface area contributed by atoms with Crippen molar-refractivity contribution in [3.8, 4) is 23.0 Å². The summed E-state index contributed by atoms with van der Waals surface area (Å²) in [6.07, 6.45) is 19.7. The van der Waals surface area contributed by atoms with Gasteiger partial charge < -0.3 is 9.13 Å². The van der Waals surface area contributed by atoms with Gasteiger partial charge in [-0.1, -0.05) is 61.2 Å². The zero-order valence-electron chi connectivity index (χ0n) is 21.6. The van der Waals surface area contributed by atoms with E-state index in [2.05, 4.69) is 109 Å². The van der Waals surface area contributed by atoms with Crippen LogP contribution in [0.4, 0.5) is 0 Å². The Bertz CT molecular complexity index is 1860. The monoisotopic (exact) mass is 506 g/mol. The highest BCUT2D eigenvalue weighted by atomic mass is 15.1. The van der Waals surface area contributed by atoms with Crippen LogP contribution < -0.4 is 0 Å². The first kappa shape index (κ1) is 23.0. The van der Waals surface area contributed by atoms with Crippen LogP contribution in [0.2, 0.25) is 0 Å². The Labute approximate surface area is 226 Å². The van der Waals surface area contributed by atoms with Gasteiger partial charge in [-0.3, -0.25) is 0 Å². The Morgan fingerprint density at radius 2 is 1.33 bits per heavy atom. The van der Waals surface area contributed by atoms with Crippen LogP contribution >= 0.6 is 0 Å². The number of rotatable bonds is 5. The second-order valence-corrected chi connectivity index (χ2v) is 9.64. The lowest BCUT2D eigenvalue weighted by molar-refractivity contribution is 0.941. The fraction of sp³-hybridized carbons (Fsp3) is 0.0909. The van der Waals surface area contributed by atoms with E-state index in [0.717, 1.165) is 40.9 Å². The number of hydrogen-bond acceptors (Lipinski definition) is 4. The molecule has 0 atom stereocenters. The molecule has 39 heavy (non-hydrogen) atoms. The largest absolute Gasteiger partial charge is 0.307 e. The van der Waals surface area contributed by atoms with Gasteiger partial charge in [0.25, 0.3) is 0 Å². The molecule has 0 saturated carbocycles. The molecule has 1 aliphatic rings. The highest BCUT2D eigenvalue weighted by molar-refractivity contribution is 6.09. The molecule has 6 aromatic rings. The SMILES string of the molecule is C=C/C=C\c1c(C)c2c(n1-c1cnc(-c3ncc(-n4c5ccccc5c5ccccc54)cn3)nc1)C=CCC2. The quantitative estimate of drug-likeness (QED) is 0.230. The minimum absolute atomic E-state index is 0.489. The lowest BCUT2D eigenvalue weighted by atomic mass is 10.00. The average molecular weight is 507 g/mol. The summed E-state index contributed by atoms with van der Waals surface area (Å²) in [6, 6.07) is 16.8. The molecule has 4 heterocycles. The molecular formula is C33H26N6. The van der Waals surface area contributed by atoms with Crippen molar-refractivity contribution >= 4 is 34.0 Å². The Balaban J connectivity index is 1.26. The number of allylic oxidation sites excluding steroid dienone is 3. The van der Waals surface area contributed by atoms with Crippen molar-refractivity contribution in [2.24, 2.45) is 0 Å². The summed E-state index contributed by atoms with van der Waals surface area (Å²) < 4.78 is 4.41. The van der Waals surface area contributed by atoms with Gasteiger partial charge in [0.1, 0.15) is 0 Å². The van der Waals surface area contributed by atoms with E-state index in [4.69, 9.17) is 0 Å². The van der Waals surface area contributed by atoms with Gasteiger partial charge in [-0.15, -0.1) is 0 Å². The Morgan fingerprint density at radius 1 is 0.769 bits per heavy atom. The van der Waals surface area contributed by atoms with Crippen molar-refractivity contribution < 1.29 is 0 Å². The fourth-order valence-corrected chi connectivity index (χ4v) is 5.63. The summed E-state index contributed by atoms with van der Waals surface area (Å²) in [4.78, 5) is 18.6. The molecule has 2 aromatic carbocycles. The molecule has 0 bridgehead atoms. The molecular weight excluding hydrogens is 480 g/mol. The van der Waals surface area contributed by atoms with E-state index < -0.39 is 0 Å². The number of fused-ring (bicyclic) bond motifs is 4. The molecule has 0 aliphatic heterocycles. The van der Waals surface area contributed by atoms with Gasteiger partial charge in [0, 0.05) is 22.2 Å². The van der Waals surface area contributed by atoms with Crippen molar-refractivity contribution in [1.82, 2.24) is 29.1 Å². The summed E-state index contributed by atoms with van der Waals surface area (Å²) in [5.74, 6) is 0.979. The predicted molar refractivity (Wildman–Crippen MR) is 158 cm³/mol. The highest BCUT2D eigenvalue weighted by Gasteiger charge is 2.20. The van der Waals surface area contributed by atoms with E-state index in [0.29, 0.717) is 11.6 Å². The molecule has 0 radical (unpaired) electrons. The van der Waals surface area contributed by atoms with Crippen molar-refractivity contribution in [3.05, 3.63) is 121 Å². The molecule has 7 rings (SSSR count). The number of aromatic nitrogens is 6. The zero-order chi connectivity index (χ0) is 26.3. The van der Waals surface area contributed by atoms with E-state index in [1.54, 1.807) is 6.08 Å². The summed E-state index contributed by atoms with van der Waals surface area (Å²) in [6.45, 7) is 6.02. The van der Waals surface area contributed by atoms with Crippen LogP contribution in [-0.4, -0.2) is 29.1 Å². The maximum Gasteiger partial charge on any atom is 0.197 e. The lowest BCUT2D eigenvalue weighted by Gasteiger charge is -2.12. The van der Waals surface area contributed by atoms with Gasteiger partial charge in [-0.2, -0.15) is 0 Å². The number of nitrogens with zero attached hydrogens (tertiary/aromatic N) is 6. The van der Waals surface area contributed by atoms with Crippen LogP contribution in [-0.2, 0) is 6.42 Å². The standard InChI is InChI=1S/C33H26N6/c1-3-4-14-28-22(2)25-11-5-8-15-29(25)38(28)23-18-34-32(35-19-23)33-36-20-24(21-37-33)39-30-16-9-6-12-26(30)27-13-7-10-17-31(27)39/h3-4,6-10,12-21H,1,5,11H2,2H3/b14-4-. The molecule has 0 unspecified atom stereocenters. The minimum Gasteiger partial charge on any atom is -0.307 e. The van der Waals surface area contributed by atoms with Crippen LogP contribution in [0, 0.1) is 6.92 Å². The summed E-state index contributed by atoms with van der Waals surface area (Å²) in [5.41, 5.74) is 9.00. The van der Waals surface area contributed by atoms with Gasteiger partial charge in [-0.25, -0.2) is 19.9 Å². The second-order valence-electron chi connectivity index (χ2n) is 9.64. The van der Waals surface area contributed by atoms with Crippen LogP contribution in [0.15, 0.2) is 98.1 Å². The fourth-order valence-electron chi connectivity index (χ4n) is 5.63. The maximum atomic E-state index is 4.67. The molecule has 1 aliphatic carbocycles. The van der Waals surface area contributed by atoms with Gasteiger partial charge in [-0.05, 0) is 55.2 Å². The first-order valence-corrected chi connectivity index (χ1v) is 13.1. The molecule has 0 amide bonds. The smallest absolute Gasteiger partial charge is 0.197 e. The van der Waals surface area contributed by atoms with E-state index in [9.17, 15) is 0 Å². The van der Waals surface area contributed by atoms with Gasteiger partial charge >= 0.3 is 0 Å². The topological polar surface area (TPSA) is 61.4 Å². The van der Waals surface area contributed by atoms with E-state index >= 15 is 0 Å². The minimum atomic E-state index is 0.489. The molecule has 0 spiro atoms. The van der Waals surface area contributed by atoms with E-state index in [1.165, 1.54) is 27.6 Å². The summed E-state index contributed by atoms with van der Waals surface area (Å²) >= 11 is 0. The molecule has 6 heteroatoms. The van der Waals surface area contributed by atoms with Gasteiger partial charge in [0.15, 0.2) is 11.6 Å². The third-order valence-corrected chi connectivity index (χ3v) is 7.43. The Hall–Kier alpha value is -5.10. The molecule has 6 nitrogen and oxygen atoms in total.